The van der Waals surface area contributed by atoms with Crippen LogP contribution < -0.4 is 10.9 Å². The first-order valence-corrected chi connectivity index (χ1v) is 8.62. The van der Waals surface area contributed by atoms with Crippen molar-refractivity contribution in [1.29, 1.82) is 0 Å². The summed E-state index contributed by atoms with van der Waals surface area (Å²) in [5, 5.41) is 6.90. The van der Waals surface area contributed by atoms with Crippen LogP contribution in [0.2, 0.25) is 0 Å². The standard InChI is InChI=1S/C20H23FN4O2/c1-4-11-22-19(26)18-13-17(6-5-12-24(2)3)23-25(20(18)27)14-15-7-9-16(21)10-8-15/h1,7-10,13H,5-6,11-12,14H2,2-3H3,(H,22,26). The molecule has 0 aliphatic carbocycles. The van der Waals surface area contributed by atoms with Gasteiger partial charge in [0.25, 0.3) is 11.5 Å². The molecule has 0 fully saturated rings. The summed E-state index contributed by atoms with van der Waals surface area (Å²) < 4.78 is 14.3. The van der Waals surface area contributed by atoms with Crippen LogP contribution in [-0.2, 0) is 13.0 Å². The Balaban J connectivity index is 2.34. The Morgan fingerprint density at radius 3 is 2.67 bits per heavy atom. The van der Waals surface area contributed by atoms with Gasteiger partial charge in [0.05, 0.1) is 18.8 Å². The first-order chi connectivity index (χ1) is 12.9. The Kier molecular flexibility index (Phi) is 7.26. The van der Waals surface area contributed by atoms with Crippen LogP contribution in [0.3, 0.4) is 0 Å². The van der Waals surface area contributed by atoms with E-state index in [1.807, 2.05) is 14.1 Å². The van der Waals surface area contributed by atoms with E-state index in [0.717, 1.165) is 13.0 Å². The predicted octanol–water partition coefficient (Wildman–Crippen LogP) is 1.29. The summed E-state index contributed by atoms with van der Waals surface area (Å²) in [4.78, 5) is 27.0. The average Bonchev–Trinajstić information content (AvgIpc) is 2.63. The van der Waals surface area contributed by atoms with Crippen LogP contribution in [0.4, 0.5) is 4.39 Å². The monoisotopic (exact) mass is 370 g/mol. The number of aromatic nitrogens is 2. The van der Waals surface area contributed by atoms with Crippen LogP contribution in [0.5, 0.6) is 0 Å². The zero-order chi connectivity index (χ0) is 19.8. The molecular formula is C20H23FN4O2. The summed E-state index contributed by atoms with van der Waals surface area (Å²) in [5.74, 6) is 1.43. The molecular weight excluding hydrogens is 347 g/mol. The largest absolute Gasteiger partial charge is 0.341 e. The van der Waals surface area contributed by atoms with Crippen LogP contribution in [-0.4, -0.2) is 47.8 Å². The first kappa shape index (κ1) is 20.3. The maximum Gasteiger partial charge on any atom is 0.279 e. The Bertz CT molecular complexity index is 882. The van der Waals surface area contributed by atoms with E-state index in [1.54, 1.807) is 12.1 Å². The third-order valence-corrected chi connectivity index (χ3v) is 3.90. The number of aryl methyl sites for hydroxylation is 1. The van der Waals surface area contributed by atoms with Crippen LogP contribution in [0, 0.1) is 18.2 Å². The highest BCUT2D eigenvalue weighted by Gasteiger charge is 2.15. The number of carbonyl (C=O) groups excluding carboxylic acids is 1. The number of halogens is 1. The van der Waals surface area contributed by atoms with Gasteiger partial charge in [-0.15, -0.1) is 6.42 Å². The summed E-state index contributed by atoms with van der Waals surface area (Å²) in [6.07, 6.45) is 6.62. The number of rotatable bonds is 8. The van der Waals surface area contributed by atoms with E-state index in [1.165, 1.54) is 22.9 Å². The molecule has 0 spiro atoms. The molecule has 1 N–H and O–H groups in total. The van der Waals surface area contributed by atoms with Gasteiger partial charge in [-0.05, 0) is 57.2 Å². The Labute approximate surface area is 158 Å². The van der Waals surface area contributed by atoms with Gasteiger partial charge in [0.1, 0.15) is 11.4 Å². The first-order valence-electron chi connectivity index (χ1n) is 8.62. The maximum absolute atomic E-state index is 13.1. The van der Waals surface area contributed by atoms with E-state index in [2.05, 4.69) is 21.2 Å². The van der Waals surface area contributed by atoms with Gasteiger partial charge in [0.15, 0.2) is 0 Å². The van der Waals surface area contributed by atoms with Gasteiger partial charge in [-0.3, -0.25) is 9.59 Å². The van der Waals surface area contributed by atoms with E-state index in [9.17, 15) is 14.0 Å². The topological polar surface area (TPSA) is 67.2 Å². The molecule has 6 nitrogen and oxygen atoms in total. The van der Waals surface area contributed by atoms with Crippen molar-refractivity contribution in [2.75, 3.05) is 27.2 Å². The fourth-order valence-electron chi connectivity index (χ4n) is 2.55. The smallest absolute Gasteiger partial charge is 0.279 e. The molecule has 2 aromatic rings. The molecule has 7 heteroatoms. The summed E-state index contributed by atoms with van der Waals surface area (Å²) in [6, 6.07) is 7.33. The number of benzene rings is 1. The SMILES string of the molecule is C#CCNC(=O)c1cc(CCCN(C)C)nn(Cc2ccc(F)cc2)c1=O. The van der Waals surface area contributed by atoms with Crippen molar-refractivity contribution in [1.82, 2.24) is 20.0 Å². The van der Waals surface area contributed by atoms with Crippen molar-refractivity contribution >= 4 is 5.91 Å². The number of nitrogens with one attached hydrogen (secondary N) is 1. The molecule has 1 aromatic heterocycles. The van der Waals surface area contributed by atoms with Gasteiger partial charge in [0.2, 0.25) is 0 Å². The minimum absolute atomic E-state index is 0.00205. The van der Waals surface area contributed by atoms with Gasteiger partial charge < -0.3 is 10.2 Å². The zero-order valence-corrected chi connectivity index (χ0v) is 15.5. The third kappa shape index (κ3) is 6.04. The van der Waals surface area contributed by atoms with Crippen molar-refractivity contribution in [2.24, 2.45) is 0 Å². The normalized spacial score (nSPS) is 10.6. The molecule has 142 valence electrons. The van der Waals surface area contributed by atoms with Gasteiger partial charge in [-0.25, -0.2) is 9.07 Å². The number of amides is 1. The molecule has 1 heterocycles. The van der Waals surface area contributed by atoms with Crippen LogP contribution in [0.15, 0.2) is 35.1 Å². The lowest BCUT2D eigenvalue weighted by Crippen LogP contribution is -2.35. The highest BCUT2D eigenvalue weighted by atomic mass is 19.1. The fourth-order valence-corrected chi connectivity index (χ4v) is 2.55. The molecule has 0 bridgehead atoms. The Morgan fingerprint density at radius 1 is 1.33 bits per heavy atom. The minimum Gasteiger partial charge on any atom is -0.341 e. The van der Waals surface area contributed by atoms with Crippen molar-refractivity contribution in [2.45, 2.75) is 19.4 Å². The molecule has 0 aliphatic heterocycles. The van der Waals surface area contributed by atoms with E-state index < -0.39 is 11.5 Å². The summed E-state index contributed by atoms with van der Waals surface area (Å²) in [7, 11) is 3.95. The van der Waals surface area contributed by atoms with E-state index in [4.69, 9.17) is 6.42 Å². The molecule has 1 amide bonds. The van der Waals surface area contributed by atoms with E-state index >= 15 is 0 Å². The summed E-state index contributed by atoms with van der Waals surface area (Å²) in [5.41, 5.74) is 0.850. The maximum atomic E-state index is 13.1. The number of hydrogen-bond donors (Lipinski definition) is 1. The lowest BCUT2D eigenvalue weighted by Gasteiger charge is -2.12. The molecule has 0 aliphatic rings. The number of hydrogen-bond acceptors (Lipinski definition) is 4. The second-order valence-electron chi connectivity index (χ2n) is 6.43. The van der Waals surface area contributed by atoms with Crippen molar-refractivity contribution < 1.29 is 9.18 Å². The van der Waals surface area contributed by atoms with Gasteiger partial charge in [-0.2, -0.15) is 5.10 Å². The second-order valence-corrected chi connectivity index (χ2v) is 6.43. The quantitative estimate of drug-likeness (QED) is 0.711. The summed E-state index contributed by atoms with van der Waals surface area (Å²) >= 11 is 0. The molecule has 0 radical (unpaired) electrons. The van der Waals surface area contributed by atoms with Crippen LogP contribution >= 0.6 is 0 Å². The highest BCUT2D eigenvalue weighted by molar-refractivity contribution is 5.94. The van der Waals surface area contributed by atoms with Crippen LogP contribution in [0.1, 0.15) is 28.0 Å². The summed E-state index contributed by atoms with van der Waals surface area (Å²) in [6.45, 7) is 1.04. The average molecular weight is 370 g/mol. The van der Waals surface area contributed by atoms with Crippen molar-refractivity contribution in [3.63, 3.8) is 0 Å². The molecule has 2 rings (SSSR count). The second kappa shape index (κ2) is 9.64. The molecule has 27 heavy (non-hydrogen) atoms. The van der Waals surface area contributed by atoms with Crippen molar-refractivity contribution in [3.05, 3.63) is 63.3 Å². The van der Waals surface area contributed by atoms with Crippen LogP contribution in [0.25, 0.3) is 0 Å². The minimum atomic E-state index is -0.526. The molecule has 0 unspecified atom stereocenters. The number of nitrogens with zero attached hydrogens (tertiary/aromatic N) is 3. The third-order valence-electron chi connectivity index (χ3n) is 3.90. The zero-order valence-electron chi connectivity index (χ0n) is 15.5. The number of terminal acetylenes is 1. The lowest BCUT2D eigenvalue weighted by atomic mass is 10.1. The molecule has 1 aromatic carbocycles. The number of carbonyl (C=O) groups is 1. The van der Waals surface area contributed by atoms with E-state index in [0.29, 0.717) is 17.7 Å². The van der Waals surface area contributed by atoms with Gasteiger partial charge >= 0.3 is 0 Å². The fraction of sp³-hybridized carbons (Fsp3) is 0.350. The van der Waals surface area contributed by atoms with Gasteiger partial charge in [0, 0.05) is 0 Å². The van der Waals surface area contributed by atoms with E-state index in [-0.39, 0.29) is 24.5 Å². The highest BCUT2D eigenvalue weighted by Crippen LogP contribution is 2.06. The Hall–Kier alpha value is -2.98. The molecule has 0 saturated carbocycles. The molecule has 0 saturated heterocycles. The predicted molar refractivity (Wildman–Crippen MR) is 102 cm³/mol. The lowest BCUT2D eigenvalue weighted by molar-refractivity contribution is 0.0956. The molecule has 0 atom stereocenters. The van der Waals surface area contributed by atoms with Crippen molar-refractivity contribution in [3.8, 4) is 12.3 Å². The van der Waals surface area contributed by atoms with Gasteiger partial charge in [-0.1, -0.05) is 18.1 Å². The Morgan fingerprint density at radius 2 is 2.04 bits per heavy atom.